The largest absolute Gasteiger partial charge is 0.326 e. The molecule has 0 aromatic heterocycles. The number of nitro benzene ring substituents is 1. The predicted octanol–water partition coefficient (Wildman–Crippen LogP) is 2.92. The lowest BCUT2D eigenvalue weighted by atomic mass is 10.1. The molecule has 0 saturated heterocycles. The number of amides is 1. The van der Waals surface area contributed by atoms with Gasteiger partial charge >= 0.3 is 0 Å². The molecule has 0 atom stereocenters. The molecule has 2 aromatic rings. The van der Waals surface area contributed by atoms with Gasteiger partial charge in [0.1, 0.15) is 5.82 Å². The Balaban J connectivity index is 2.01. The molecule has 20 heavy (non-hydrogen) atoms. The van der Waals surface area contributed by atoms with E-state index in [4.69, 9.17) is 0 Å². The van der Waals surface area contributed by atoms with E-state index in [0.29, 0.717) is 11.3 Å². The zero-order valence-corrected chi connectivity index (χ0v) is 10.4. The fraction of sp³-hybridized carbons (Fsp3) is 0.0714. The third-order valence-corrected chi connectivity index (χ3v) is 2.67. The van der Waals surface area contributed by atoms with Gasteiger partial charge in [-0.25, -0.2) is 4.39 Å². The van der Waals surface area contributed by atoms with E-state index in [1.807, 2.05) is 0 Å². The monoisotopic (exact) mass is 274 g/mol. The SMILES string of the molecule is O=C(Cc1ccccc1F)Nc1ccc([N+](=O)[O-])cc1. The quantitative estimate of drug-likeness (QED) is 0.688. The van der Waals surface area contributed by atoms with Crippen molar-refractivity contribution in [2.45, 2.75) is 6.42 Å². The Bertz CT molecular complexity index is 641. The first-order valence-electron chi connectivity index (χ1n) is 5.84. The number of benzene rings is 2. The molecule has 0 heterocycles. The van der Waals surface area contributed by atoms with E-state index in [2.05, 4.69) is 5.32 Å². The first-order chi connectivity index (χ1) is 9.56. The summed E-state index contributed by atoms with van der Waals surface area (Å²) in [5.74, 6) is -0.824. The average Bonchev–Trinajstić information content (AvgIpc) is 2.42. The first-order valence-corrected chi connectivity index (χ1v) is 5.84. The molecule has 102 valence electrons. The summed E-state index contributed by atoms with van der Waals surface area (Å²) in [6.45, 7) is 0. The Labute approximate surface area is 114 Å². The van der Waals surface area contributed by atoms with Crippen LogP contribution < -0.4 is 5.32 Å². The molecule has 5 nitrogen and oxygen atoms in total. The van der Waals surface area contributed by atoms with Gasteiger partial charge in [-0.3, -0.25) is 14.9 Å². The van der Waals surface area contributed by atoms with Crippen molar-refractivity contribution in [1.82, 2.24) is 0 Å². The predicted molar refractivity (Wildman–Crippen MR) is 71.8 cm³/mol. The zero-order valence-electron chi connectivity index (χ0n) is 10.4. The van der Waals surface area contributed by atoms with Crippen molar-refractivity contribution in [2.24, 2.45) is 0 Å². The van der Waals surface area contributed by atoms with Crippen molar-refractivity contribution in [2.75, 3.05) is 5.32 Å². The van der Waals surface area contributed by atoms with Crippen LogP contribution in [0.2, 0.25) is 0 Å². The molecule has 0 radical (unpaired) electrons. The molecule has 2 rings (SSSR count). The van der Waals surface area contributed by atoms with Crippen molar-refractivity contribution >= 4 is 17.3 Å². The van der Waals surface area contributed by atoms with Crippen molar-refractivity contribution in [3.05, 3.63) is 70.0 Å². The molecule has 6 heteroatoms. The summed E-state index contributed by atoms with van der Waals surface area (Å²) in [7, 11) is 0. The summed E-state index contributed by atoms with van der Waals surface area (Å²) in [4.78, 5) is 21.7. The molecule has 0 unspecified atom stereocenters. The number of rotatable bonds is 4. The summed E-state index contributed by atoms with van der Waals surface area (Å²) in [6, 6.07) is 11.5. The number of carbonyl (C=O) groups excluding carboxylic acids is 1. The van der Waals surface area contributed by atoms with Gasteiger partial charge in [0.2, 0.25) is 5.91 Å². The zero-order chi connectivity index (χ0) is 14.5. The molecule has 0 aliphatic rings. The Morgan fingerprint density at radius 2 is 1.80 bits per heavy atom. The summed E-state index contributed by atoms with van der Waals surface area (Å²) in [5, 5.41) is 13.0. The first kappa shape index (κ1) is 13.7. The van der Waals surface area contributed by atoms with Gasteiger partial charge in [-0.2, -0.15) is 0 Å². The highest BCUT2D eigenvalue weighted by atomic mass is 19.1. The number of nitro groups is 1. The maximum atomic E-state index is 13.4. The maximum absolute atomic E-state index is 13.4. The van der Waals surface area contributed by atoms with Crippen LogP contribution in [0.3, 0.4) is 0 Å². The Hall–Kier alpha value is -2.76. The average molecular weight is 274 g/mol. The van der Waals surface area contributed by atoms with E-state index in [1.54, 1.807) is 12.1 Å². The van der Waals surface area contributed by atoms with Gasteiger partial charge in [0, 0.05) is 17.8 Å². The van der Waals surface area contributed by atoms with Crippen molar-refractivity contribution < 1.29 is 14.1 Å². The van der Waals surface area contributed by atoms with Crippen molar-refractivity contribution in [3.63, 3.8) is 0 Å². The molecular formula is C14H11FN2O3. The highest BCUT2D eigenvalue weighted by Crippen LogP contribution is 2.16. The minimum Gasteiger partial charge on any atom is -0.326 e. The van der Waals surface area contributed by atoms with E-state index in [9.17, 15) is 19.3 Å². The molecule has 0 spiro atoms. The van der Waals surface area contributed by atoms with Gasteiger partial charge in [-0.15, -0.1) is 0 Å². The summed E-state index contributed by atoms with van der Waals surface area (Å²) in [6.07, 6.45) is -0.0936. The molecule has 2 aromatic carbocycles. The Morgan fingerprint density at radius 3 is 2.40 bits per heavy atom. The second kappa shape index (κ2) is 5.92. The lowest BCUT2D eigenvalue weighted by Gasteiger charge is -2.05. The normalized spacial score (nSPS) is 10.1. The standard InChI is InChI=1S/C14H11FN2O3/c15-13-4-2-1-3-10(13)9-14(18)16-11-5-7-12(8-6-11)17(19)20/h1-8H,9H2,(H,16,18). The van der Waals surface area contributed by atoms with Gasteiger partial charge in [-0.05, 0) is 23.8 Å². The molecule has 1 amide bonds. The second-order valence-electron chi connectivity index (χ2n) is 4.12. The van der Waals surface area contributed by atoms with Gasteiger partial charge in [-0.1, -0.05) is 18.2 Å². The van der Waals surface area contributed by atoms with E-state index in [0.717, 1.165) is 0 Å². The number of nitrogens with zero attached hydrogens (tertiary/aromatic N) is 1. The van der Waals surface area contributed by atoms with Crippen LogP contribution in [0, 0.1) is 15.9 Å². The number of anilines is 1. The number of hydrogen-bond donors (Lipinski definition) is 1. The highest BCUT2D eigenvalue weighted by Gasteiger charge is 2.09. The number of hydrogen-bond acceptors (Lipinski definition) is 3. The second-order valence-corrected chi connectivity index (χ2v) is 4.12. The van der Waals surface area contributed by atoms with E-state index in [-0.39, 0.29) is 18.0 Å². The Kier molecular flexibility index (Phi) is 4.05. The molecule has 0 bridgehead atoms. The fourth-order valence-corrected chi connectivity index (χ4v) is 1.69. The van der Waals surface area contributed by atoms with Gasteiger partial charge in [0.15, 0.2) is 0 Å². The van der Waals surface area contributed by atoms with E-state index < -0.39 is 10.7 Å². The van der Waals surface area contributed by atoms with Crippen LogP contribution in [0.25, 0.3) is 0 Å². The van der Waals surface area contributed by atoms with Crippen LogP contribution in [0.5, 0.6) is 0 Å². The minimum absolute atomic E-state index is 0.0582. The maximum Gasteiger partial charge on any atom is 0.269 e. The number of nitrogens with one attached hydrogen (secondary N) is 1. The lowest BCUT2D eigenvalue weighted by Crippen LogP contribution is -2.15. The van der Waals surface area contributed by atoms with Crippen LogP contribution in [-0.4, -0.2) is 10.8 Å². The summed E-state index contributed by atoms with van der Waals surface area (Å²) < 4.78 is 13.4. The van der Waals surface area contributed by atoms with E-state index in [1.165, 1.54) is 36.4 Å². The van der Waals surface area contributed by atoms with Crippen LogP contribution in [0.1, 0.15) is 5.56 Å². The van der Waals surface area contributed by atoms with Gasteiger partial charge in [0.05, 0.1) is 11.3 Å². The molecule has 0 aliphatic carbocycles. The van der Waals surface area contributed by atoms with Gasteiger partial charge in [0.25, 0.3) is 5.69 Å². The number of non-ortho nitro benzene ring substituents is 1. The molecule has 0 fully saturated rings. The summed E-state index contributed by atoms with van der Waals surface area (Å²) in [5.41, 5.74) is 0.668. The minimum atomic E-state index is -0.523. The highest BCUT2D eigenvalue weighted by molar-refractivity contribution is 5.92. The van der Waals surface area contributed by atoms with E-state index >= 15 is 0 Å². The van der Waals surface area contributed by atoms with Crippen molar-refractivity contribution in [3.8, 4) is 0 Å². The molecule has 0 aliphatic heterocycles. The van der Waals surface area contributed by atoms with Crippen molar-refractivity contribution in [1.29, 1.82) is 0 Å². The summed E-state index contributed by atoms with van der Waals surface area (Å²) >= 11 is 0. The number of halogens is 1. The molecular weight excluding hydrogens is 263 g/mol. The lowest BCUT2D eigenvalue weighted by molar-refractivity contribution is -0.384. The smallest absolute Gasteiger partial charge is 0.269 e. The topological polar surface area (TPSA) is 72.2 Å². The van der Waals surface area contributed by atoms with Crippen LogP contribution >= 0.6 is 0 Å². The Morgan fingerprint density at radius 1 is 1.15 bits per heavy atom. The van der Waals surface area contributed by atoms with Crippen LogP contribution in [0.4, 0.5) is 15.8 Å². The van der Waals surface area contributed by atoms with Gasteiger partial charge < -0.3 is 5.32 Å². The van der Waals surface area contributed by atoms with Crippen LogP contribution in [-0.2, 0) is 11.2 Å². The molecule has 0 saturated carbocycles. The third kappa shape index (κ3) is 3.38. The third-order valence-electron chi connectivity index (χ3n) is 2.67. The molecule has 1 N–H and O–H groups in total. The van der Waals surface area contributed by atoms with Crippen LogP contribution in [0.15, 0.2) is 48.5 Å². The fourth-order valence-electron chi connectivity index (χ4n) is 1.69. The number of carbonyl (C=O) groups is 1.